The fourth-order valence-electron chi connectivity index (χ4n) is 0.603. The highest BCUT2D eigenvalue weighted by Crippen LogP contribution is 2.44. The van der Waals surface area contributed by atoms with Gasteiger partial charge >= 0.3 is 0 Å². The van der Waals surface area contributed by atoms with Crippen molar-refractivity contribution in [1.82, 2.24) is 0 Å². The highest BCUT2D eigenvalue weighted by molar-refractivity contribution is 7.52. The maximum atomic E-state index is 8.39. The van der Waals surface area contributed by atoms with Crippen molar-refractivity contribution in [2.75, 3.05) is 13.2 Å². The van der Waals surface area contributed by atoms with Gasteiger partial charge in [0.05, 0.1) is 13.2 Å². The van der Waals surface area contributed by atoms with Gasteiger partial charge in [0.15, 0.2) is 0 Å². The van der Waals surface area contributed by atoms with Crippen molar-refractivity contribution in [2.24, 2.45) is 5.41 Å². The molecule has 0 unspecified atom stereocenters. The molecule has 0 N–H and O–H groups in total. The lowest BCUT2D eigenvalue weighted by Crippen LogP contribution is -2.27. The van der Waals surface area contributed by atoms with Crippen molar-refractivity contribution in [3.8, 4) is 5.81 Å². The maximum absolute atomic E-state index is 8.39. The summed E-state index contributed by atoms with van der Waals surface area (Å²) < 4.78 is 10.2. The van der Waals surface area contributed by atoms with Gasteiger partial charge in [-0.15, -0.1) is 0 Å². The molecule has 4 heteroatoms. The quantitative estimate of drug-likeness (QED) is 0.506. The van der Waals surface area contributed by atoms with Crippen LogP contribution in [0, 0.1) is 16.5 Å². The zero-order valence-electron chi connectivity index (χ0n) is 6.13. The van der Waals surface area contributed by atoms with Gasteiger partial charge in [0.2, 0.25) is 0 Å². The van der Waals surface area contributed by atoms with Crippen LogP contribution < -0.4 is 0 Å². The van der Waals surface area contributed by atoms with E-state index in [1.54, 1.807) is 0 Å². The Kier molecular flexibility index (Phi) is 2.25. The fourth-order valence-corrected chi connectivity index (χ4v) is 1.73. The van der Waals surface area contributed by atoms with Crippen LogP contribution in [-0.2, 0) is 9.05 Å². The van der Waals surface area contributed by atoms with E-state index in [0.29, 0.717) is 13.2 Å². The summed E-state index contributed by atoms with van der Waals surface area (Å²) in [7, 11) is -1.22. The van der Waals surface area contributed by atoms with Crippen molar-refractivity contribution >= 4 is 8.38 Å². The van der Waals surface area contributed by atoms with E-state index >= 15 is 0 Å². The van der Waals surface area contributed by atoms with Gasteiger partial charge in [-0.05, 0) is 0 Å². The summed E-state index contributed by atoms with van der Waals surface area (Å²) in [4.78, 5) is 0. The van der Waals surface area contributed by atoms with E-state index in [0.717, 1.165) is 0 Å². The highest BCUT2D eigenvalue weighted by Gasteiger charge is 2.28. The number of rotatable bonds is 0. The molecule has 0 aromatic rings. The zero-order valence-corrected chi connectivity index (χ0v) is 7.02. The Labute approximate surface area is 61.9 Å². The van der Waals surface area contributed by atoms with Crippen molar-refractivity contribution in [2.45, 2.75) is 13.8 Å². The van der Waals surface area contributed by atoms with Gasteiger partial charge in [0.25, 0.3) is 8.38 Å². The van der Waals surface area contributed by atoms with E-state index < -0.39 is 8.38 Å². The Balaban J connectivity index is 2.40. The maximum Gasteiger partial charge on any atom is 0.285 e. The van der Waals surface area contributed by atoms with Gasteiger partial charge in [0, 0.05) is 5.41 Å². The predicted octanol–water partition coefficient (Wildman–Crippen LogP) is 1.85. The Morgan fingerprint density at radius 3 is 2.30 bits per heavy atom. The molecule has 3 nitrogen and oxygen atoms in total. The van der Waals surface area contributed by atoms with Crippen molar-refractivity contribution in [3.05, 3.63) is 0 Å². The molecule has 0 amide bonds. The normalized spacial score (nSPS) is 25.7. The van der Waals surface area contributed by atoms with Crippen LogP contribution in [0.25, 0.3) is 0 Å². The molecule has 56 valence electrons. The molecule has 1 saturated heterocycles. The van der Waals surface area contributed by atoms with E-state index in [4.69, 9.17) is 14.3 Å². The van der Waals surface area contributed by atoms with Crippen molar-refractivity contribution < 1.29 is 9.05 Å². The van der Waals surface area contributed by atoms with Crippen LogP contribution in [0.15, 0.2) is 0 Å². The SMILES string of the molecule is CC1(C)COP(C#N)OC1. The number of hydrogen-bond donors (Lipinski definition) is 0. The molecule has 0 radical (unpaired) electrons. The number of hydrogen-bond acceptors (Lipinski definition) is 3. The molecule has 0 bridgehead atoms. The standard InChI is InChI=1S/C6H10NO2P/c1-6(2)3-8-10(5-7)9-4-6/h3-4H2,1-2H3. The van der Waals surface area contributed by atoms with Gasteiger partial charge in [-0.25, -0.2) is 0 Å². The monoisotopic (exact) mass is 159 g/mol. The first-order valence-electron chi connectivity index (χ1n) is 3.10. The second-order valence-electron chi connectivity index (χ2n) is 3.07. The van der Waals surface area contributed by atoms with E-state index in [2.05, 4.69) is 13.8 Å². The Morgan fingerprint density at radius 1 is 1.40 bits per heavy atom. The van der Waals surface area contributed by atoms with Crippen LogP contribution in [0.3, 0.4) is 0 Å². The smallest absolute Gasteiger partial charge is 0.285 e. The van der Waals surface area contributed by atoms with Crippen molar-refractivity contribution in [3.63, 3.8) is 0 Å². The second-order valence-corrected chi connectivity index (χ2v) is 4.30. The largest absolute Gasteiger partial charge is 0.322 e. The van der Waals surface area contributed by atoms with E-state index in [9.17, 15) is 0 Å². The molecule has 0 spiro atoms. The molecule has 0 saturated carbocycles. The van der Waals surface area contributed by atoms with Crippen molar-refractivity contribution in [1.29, 1.82) is 5.26 Å². The van der Waals surface area contributed by atoms with Gasteiger partial charge in [-0.3, -0.25) is 0 Å². The van der Waals surface area contributed by atoms with E-state index in [-0.39, 0.29) is 5.41 Å². The third-order valence-corrected chi connectivity index (χ3v) is 2.12. The molecular formula is C6H10NO2P. The van der Waals surface area contributed by atoms with Crippen LogP contribution >= 0.6 is 8.38 Å². The Hall–Kier alpha value is -0.160. The molecule has 0 aromatic carbocycles. The van der Waals surface area contributed by atoms with Gasteiger partial charge < -0.3 is 9.05 Å². The summed E-state index contributed by atoms with van der Waals surface area (Å²) in [5.74, 6) is 1.96. The summed E-state index contributed by atoms with van der Waals surface area (Å²) in [5, 5.41) is 8.39. The highest BCUT2D eigenvalue weighted by atomic mass is 31.2. The lowest BCUT2D eigenvalue weighted by Gasteiger charge is -2.30. The Morgan fingerprint density at radius 2 is 1.90 bits per heavy atom. The lowest BCUT2D eigenvalue weighted by molar-refractivity contribution is 0.0658. The van der Waals surface area contributed by atoms with Gasteiger partial charge in [0.1, 0.15) is 5.81 Å². The lowest BCUT2D eigenvalue weighted by atomic mass is 9.97. The topological polar surface area (TPSA) is 42.2 Å². The third kappa shape index (κ3) is 1.91. The fraction of sp³-hybridized carbons (Fsp3) is 0.833. The molecule has 0 aliphatic carbocycles. The van der Waals surface area contributed by atoms with E-state index in [1.165, 1.54) is 0 Å². The summed E-state index contributed by atoms with van der Waals surface area (Å²) in [6.07, 6.45) is 0. The summed E-state index contributed by atoms with van der Waals surface area (Å²) in [6.45, 7) is 5.37. The minimum atomic E-state index is -1.22. The first-order chi connectivity index (χ1) is 4.64. The zero-order chi connectivity index (χ0) is 7.61. The summed E-state index contributed by atoms with van der Waals surface area (Å²) >= 11 is 0. The average Bonchev–Trinajstić information content (AvgIpc) is 1.88. The predicted molar refractivity (Wildman–Crippen MR) is 38.2 cm³/mol. The molecular weight excluding hydrogens is 149 g/mol. The molecule has 10 heavy (non-hydrogen) atoms. The molecule has 1 heterocycles. The second kappa shape index (κ2) is 2.84. The van der Waals surface area contributed by atoms with Gasteiger partial charge in [-0.1, -0.05) is 13.8 Å². The minimum absolute atomic E-state index is 0.0791. The Bertz CT molecular complexity index is 154. The van der Waals surface area contributed by atoms with E-state index in [1.807, 2.05) is 5.81 Å². The number of nitriles is 1. The molecule has 1 rings (SSSR count). The van der Waals surface area contributed by atoms with Gasteiger partial charge in [-0.2, -0.15) is 5.26 Å². The van der Waals surface area contributed by atoms with Crippen LogP contribution in [0.1, 0.15) is 13.8 Å². The third-order valence-electron chi connectivity index (χ3n) is 1.23. The first-order valence-corrected chi connectivity index (χ1v) is 4.27. The minimum Gasteiger partial charge on any atom is -0.322 e. The first kappa shape index (κ1) is 7.94. The molecule has 1 aliphatic rings. The molecule has 1 fully saturated rings. The summed E-state index contributed by atoms with van der Waals surface area (Å²) in [6, 6.07) is 0. The van der Waals surface area contributed by atoms with Crippen LogP contribution in [-0.4, -0.2) is 13.2 Å². The van der Waals surface area contributed by atoms with Crippen LogP contribution in [0.4, 0.5) is 0 Å². The molecule has 0 atom stereocenters. The number of nitrogens with zero attached hydrogens (tertiary/aromatic N) is 1. The summed E-state index contributed by atoms with van der Waals surface area (Å²) in [5.41, 5.74) is 0.0791. The average molecular weight is 159 g/mol. The van der Waals surface area contributed by atoms with Crippen LogP contribution in [0.2, 0.25) is 0 Å². The molecule has 1 aliphatic heterocycles. The van der Waals surface area contributed by atoms with Crippen LogP contribution in [0.5, 0.6) is 0 Å². The molecule has 0 aromatic heterocycles.